The Morgan fingerprint density at radius 1 is 1.25 bits per heavy atom. The normalized spacial score (nSPS) is 12.6. The van der Waals surface area contributed by atoms with E-state index < -0.39 is 6.10 Å². The summed E-state index contributed by atoms with van der Waals surface area (Å²) in [6.45, 7) is 5.45. The highest BCUT2D eigenvalue weighted by Crippen LogP contribution is 2.22. The molecule has 0 radical (unpaired) electrons. The van der Waals surface area contributed by atoms with Crippen LogP contribution in [-0.2, 0) is 11.2 Å². The summed E-state index contributed by atoms with van der Waals surface area (Å²) in [6.07, 6.45) is 0.0327. The lowest BCUT2D eigenvalue weighted by molar-refractivity contribution is -0.127. The first kappa shape index (κ1) is 18.0. The SMILES string of the molecule is CC(Cc1ccccc1)=NNC(=O)[C@H](C)Oc1ccc(Cl)cc1C. The van der Waals surface area contributed by atoms with E-state index in [2.05, 4.69) is 10.5 Å². The summed E-state index contributed by atoms with van der Waals surface area (Å²) in [5.74, 6) is 0.337. The van der Waals surface area contributed by atoms with Gasteiger partial charge in [0.05, 0.1) is 0 Å². The van der Waals surface area contributed by atoms with Gasteiger partial charge in [-0.3, -0.25) is 4.79 Å². The standard InChI is InChI=1S/C19H21ClN2O2/c1-13-11-17(20)9-10-18(13)24-15(3)19(23)22-21-14(2)12-16-7-5-4-6-8-16/h4-11,15H,12H2,1-3H3,(H,22,23)/t15-/m0/s1. The fraction of sp³-hybridized carbons (Fsp3) is 0.263. The molecule has 0 bridgehead atoms. The summed E-state index contributed by atoms with van der Waals surface area (Å²) in [7, 11) is 0. The van der Waals surface area contributed by atoms with Gasteiger partial charge in [-0.25, -0.2) is 5.43 Å². The van der Waals surface area contributed by atoms with Crippen LogP contribution in [0.15, 0.2) is 53.6 Å². The summed E-state index contributed by atoms with van der Waals surface area (Å²) in [6, 6.07) is 15.3. The van der Waals surface area contributed by atoms with Gasteiger partial charge in [-0.1, -0.05) is 41.9 Å². The molecule has 2 aromatic rings. The van der Waals surface area contributed by atoms with E-state index in [9.17, 15) is 4.79 Å². The number of benzene rings is 2. The lowest BCUT2D eigenvalue weighted by Crippen LogP contribution is -2.34. The van der Waals surface area contributed by atoms with Gasteiger partial charge in [-0.2, -0.15) is 5.10 Å². The van der Waals surface area contributed by atoms with Crippen molar-refractivity contribution in [2.24, 2.45) is 5.10 Å². The van der Waals surface area contributed by atoms with Gasteiger partial charge in [0, 0.05) is 17.2 Å². The van der Waals surface area contributed by atoms with Crippen LogP contribution in [0.4, 0.5) is 0 Å². The molecule has 126 valence electrons. The molecule has 1 amide bonds. The molecule has 0 saturated carbocycles. The van der Waals surface area contributed by atoms with E-state index in [-0.39, 0.29) is 5.91 Å². The molecule has 0 aliphatic heterocycles. The second-order valence-electron chi connectivity index (χ2n) is 5.66. The number of ether oxygens (including phenoxy) is 1. The van der Waals surface area contributed by atoms with Crippen molar-refractivity contribution >= 4 is 23.2 Å². The first-order valence-electron chi connectivity index (χ1n) is 7.75. The number of amides is 1. The molecule has 0 aromatic heterocycles. The Hall–Kier alpha value is -2.33. The summed E-state index contributed by atoms with van der Waals surface area (Å²) in [4.78, 5) is 12.1. The summed E-state index contributed by atoms with van der Waals surface area (Å²) in [5.41, 5.74) is 5.40. The van der Waals surface area contributed by atoms with Crippen molar-refractivity contribution in [2.45, 2.75) is 33.3 Å². The molecule has 2 aromatic carbocycles. The molecule has 4 nitrogen and oxygen atoms in total. The van der Waals surface area contributed by atoms with Gasteiger partial charge >= 0.3 is 0 Å². The van der Waals surface area contributed by atoms with Crippen LogP contribution in [0.25, 0.3) is 0 Å². The molecule has 24 heavy (non-hydrogen) atoms. The number of carbonyl (C=O) groups is 1. The molecule has 1 N–H and O–H groups in total. The largest absolute Gasteiger partial charge is 0.481 e. The average molecular weight is 345 g/mol. The van der Waals surface area contributed by atoms with E-state index in [1.54, 1.807) is 25.1 Å². The van der Waals surface area contributed by atoms with Crippen LogP contribution in [0, 0.1) is 6.92 Å². The maximum Gasteiger partial charge on any atom is 0.280 e. The number of hydrogen-bond donors (Lipinski definition) is 1. The number of halogens is 1. The van der Waals surface area contributed by atoms with Gasteiger partial charge in [-0.05, 0) is 50.1 Å². The highest BCUT2D eigenvalue weighted by molar-refractivity contribution is 6.30. The van der Waals surface area contributed by atoms with Crippen molar-refractivity contribution in [1.82, 2.24) is 5.43 Å². The zero-order chi connectivity index (χ0) is 17.5. The molecule has 0 heterocycles. The van der Waals surface area contributed by atoms with E-state index in [1.165, 1.54) is 0 Å². The van der Waals surface area contributed by atoms with E-state index in [0.29, 0.717) is 17.2 Å². The molecule has 0 unspecified atom stereocenters. The third kappa shape index (κ3) is 5.39. The van der Waals surface area contributed by atoms with Crippen molar-refractivity contribution in [3.8, 4) is 5.75 Å². The zero-order valence-corrected chi connectivity index (χ0v) is 14.8. The van der Waals surface area contributed by atoms with E-state index in [0.717, 1.165) is 16.8 Å². The quantitative estimate of drug-likeness (QED) is 0.632. The molecule has 0 aliphatic carbocycles. The van der Waals surface area contributed by atoms with Gasteiger partial charge in [0.1, 0.15) is 5.75 Å². The van der Waals surface area contributed by atoms with Crippen LogP contribution < -0.4 is 10.2 Å². The maximum atomic E-state index is 12.1. The molecule has 0 saturated heterocycles. The number of carbonyl (C=O) groups excluding carboxylic acids is 1. The number of hydrazone groups is 1. The fourth-order valence-corrected chi connectivity index (χ4v) is 2.39. The molecule has 0 spiro atoms. The molecule has 5 heteroatoms. The number of nitrogens with zero attached hydrogens (tertiary/aromatic N) is 1. The van der Waals surface area contributed by atoms with Crippen molar-refractivity contribution in [2.75, 3.05) is 0 Å². The first-order valence-corrected chi connectivity index (χ1v) is 8.13. The summed E-state index contributed by atoms with van der Waals surface area (Å²) < 4.78 is 5.67. The van der Waals surface area contributed by atoms with Gasteiger partial charge in [0.15, 0.2) is 6.10 Å². The Bertz CT molecular complexity index is 729. The van der Waals surface area contributed by atoms with Gasteiger partial charge < -0.3 is 4.74 Å². The maximum absolute atomic E-state index is 12.1. The Labute approximate surface area is 147 Å². The molecular formula is C19H21ClN2O2. The number of nitrogens with one attached hydrogen (secondary N) is 1. The fourth-order valence-electron chi connectivity index (χ4n) is 2.16. The lowest BCUT2D eigenvalue weighted by atomic mass is 10.1. The number of hydrogen-bond acceptors (Lipinski definition) is 3. The zero-order valence-electron chi connectivity index (χ0n) is 14.0. The monoisotopic (exact) mass is 344 g/mol. The van der Waals surface area contributed by atoms with Crippen LogP contribution in [0.5, 0.6) is 5.75 Å². The highest BCUT2D eigenvalue weighted by Gasteiger charge is 2.15. The summed E-state index contributed by atoms with van der Waals surface area (Å²) >= 11 is 5.91. The first-order chi connectivity index (χ1) is 11.5. The van der Waals surface area contributed by atoms with E-state index in [1.807, 2.05) is 44.2 Å². The number of rotatable bonds is 6. The minimum Gasteiger partial charge on any atom is -0.481 e. The number of aryl methyl sites for hydroxylation is 1. The third-order valence-electron chi connectivity index (χ3n) is 3.47. The smallest absolute Gasteiger partial charge is 0.280 e. The Balaban J connectivity index is 1.90. The predicted molar refractivity (Wildman–Crippen MR) is 97.7 cm³/mol. The minimum absolute atomic E-state index is 0.295. The highest BCUT2D eigenvalue weighted by atomic mass is 35.5. The second kappa shape index (κ2) is 8.50. The predicted octanol–water partition coefficient (Wildman–Crippen LogP) is 4.15. The molecule has 1 atom stereocenters. The van der Waals surface area contributed by atoms with Crippen molar-refractivity contribution in [1.29, 1.82) is 0 Å². The van der Waals surface area contributed by atoms with Crippen molar-refractivity contribution < 1.29 is 9.53 Å². The van der Waals surface area contributed by atoms with E-state index >= 15 is 0 Å². The Morgan fingerprint density at radius 2 is 1.96 bits per heavy atom. The minimum atomic E-state index is -0.654. The Kier molecular flexibility index (Phi) is 6.38. The van der Waals surface area contributed by atoms with Gasteiger partial charge in [-0.15, -0.1) is 0 Å². The average Bonchev–Trinajstić information content (AvgIpc) is 2.56. The molecular weight excluding hydrogens is 324 g/mol. The second-order valence-corrected chi connectivity index (χ2v) is 6.09. The van der Waals surface area contributed by atoms with Gasteiger partial charge in [0.25, 0.3) is 5.91 Å². The van der Waals surface area contributed by atoms with Crippen LogP contribution in [-0.4, -0.2) is 17.7 Å². The van der Waals surface area contributed by atoms with Crippen molar-refractivity contribution in [3.63, 3.8) is 0 Å². The van der Waals surface area contributed by atoms with Crippen LogP contribution in [0.1, 0.15) is 25.0 Å². The van der Waals surface area contributed by atoms with Crippen LogP contribution >= 0.6 is 11.6 Å². The molecule has 0 fully saturated rings. The van der Waals surface area contributed by atoms with Crippen molar-refractivity contribution in [3.05, 3.63) is 64.7 Å². The van der Waals surface area contributed by atoms with Crippen LogP contribution in [0.3, 0.4) is 0 Å². The topological polar surface area (TPSA) is 50.7 Å². The molecule has 0 aliphatic rings. The van der Waals surface area contributed by atoms with Crippen LogP contribution in [0.2, 0.25) is 5.02 Å². The Morgan fingerprint density at radius 3 is 2.62 bits per heavy atom. The molecule has 2 rings (SSSR count). The summed E-state index contributed by atoms with van der Waals surface area (Å²) in [5, 5.41) is 4.77. The third-order valence-corrected chi connectivity index (χ3v) is 3.70. The van der Waals surface area contributed by atoms with Gasteiger partial charge in [0.2, 0.25) is 0 Å². The lowest BCUT2D eigenvalue weighted by Gasteiger charge is -2.15. The van der Waals surface area contributed by atoms with E-state index in [4.69, 9.17) is 16.3 Å².